The normalized spacial score (nSPS) is 10.8. The summed E-state index contributed by atoms with van der Waals surface area (Å²) in [5, 5.41) is 35.8. The fourth-order valence-corrected chi connectivity index (χ4v) is 0.899. The first-order chi connectivity index (χ1) is 6.16. The van der Waals surface area contributed by atoms with Gasteiger partial charge in [0.25, 0.3) is 0 Å². The van der Waals surface area contributed by atoms with Crippen LogP contribution >= 0.6 is 0 Å². The zero-order valence-corrected chi connectivity index (χ0v) is 6.81. The Bertz CT molecular complexity index is 331. The number of rotatable bonds is 2. The third kappa shape index (κ3) is 1.91. The Morgan fingerprint density at radius 2 is 1.77 bits per heavy atom. The second kappa shape index (κ2) is 3.82. The number of phenolic OH excluding ortho intramolecular Hbond substituents is 3. The molecule has 0 unspecified atom stereocenters. The van der Waals surface area contributed by atoms with Gasteiger partial charge in [0, 0.05) is 5.56 Å². The molecule has 4 nitrogen and oxygen atoms in total. The summed E-state index contributed by atoms with van der Waals surface area (Å²) in [5.74, 6) is -1.33. The molecule has 13 heavy (non-hydrogen) atoms. The summed E-state index contributed by atoms with van der Waals surface area (Å²) >= 11 is 0. The van der Waals surface area contributed by atoms with Crippen LogP contribution in [0.5, 0.6) is 17.2 Å². The van der Waals surface area contributed by atoms with Gasteiger partial charge < -0.3 is 20.4 Å². The lowest BCUT2D eigenvalue weighted by atomic mass is 10.1. The van der Waals surface area contributed by atoms with Crippen LogP contribution < -0.4 is 0 Å². The Balaban J connectivity index is 3.11. The van der Waals surface area contributed by atoms with Crippen molar-refractivity contribution < 1.29 is 20.4 Å². The lowest BCUT2D eigenvalue weighted by Crippen LogP contribution is -1.78. The maximum atomic E-state index is 9.26. The molecule has 0 radical (unpaired) electrons. The lowest BCUT2D eigenvalue weighted by molar-refractivity contribution is 0.343. The average molecular weight is 182 g/mol. The van der Waals surface area contributed by atoms with Gasteiger partial charge in [0.2, 0.25) is 5.75 Å². The van der Waals surface area contributed by atoms with Crippen LogP contribution in [-0.2, 0) is 0 Å². The molecular formula is C9H10O4. The first-order valence-corrected chi connectivity index (χ1v) is 3.68. The quantitative estimate of drug-likeness (QED) is 0.510. The highest BCUT2D eigenvalue weighted by Crippen LogP contribution is 2.37. The Kier molecular flexibility index (Phi) is 2.76. The molecule has 0 aliphatic rings. The summed E-state index contributed by atoms with van der Waals surface area (Å²) < 4.78 is 0. The van der Waals surface area contributed by atoms with E-state index in [2.05, 4.69) is 0 Å². The van der Waals surface area contributed by atoms with Gasteiger partial charge in [-0.05, 0) is 12.1 Å². The van der Waals surface area contributed by atoms with Crippen molar-refractivity contribution in [3.05, 3.63) is 23.8 Å². The van der Waals surface area contributed by atoms with E-state index in [-0.39, 0.29) is 12.4 Å². The van der Waals surface area contributed by atoms with Crippen LogP contribution in [0.1, 0.15) is 5.56 Å². The van der Waals surface area contributed by atoms with Gasteiger partial charge in [-0.3, -0.25) is 0 Å². The van der Waals surface area contributed by atoms with Crippen molar-refractivity contribution in [1.82, 2.24) is 0 Å². The lowest BCUT2D eigenvalue weighted by Gasteiger charge is -2.03. The highest BCUT2D eigenvalue weighted by molar-refractivity contribution is 5.64. The second-order valence-electron chi connectivity index (χ2n) is 2.46. The molecule has 0 fully saturated rings. The monoisotopic (exact) mass is 182 g/mol. The van der Waals surface area contributed by atoms with Crippen molar-refractivity contribution in [2.75, 3.05) is 6.61 Å². The number of hydrogen-bond acceptors (Lipinski definition) is 4. The number of aliphatic hydroxyl groups excluding tert-OH is 1. The Morgan fingerprint density at radius 3 is 2.38 bits per heavy atom. The minimum absolute atomic E-state index is 0.152. The van der Waals surface area contributed by atoms with Gasteiger partial charge in [0.05, 0.1) is 6.61 Å². The summed E-state index contributed by atoms with van der Waals surface area (Å²) in [6.45, 7) is -0.152. The van der Waals surface area contributed by atoms with E-state index >= 15 is 0 Å². The molecule has 4 N–H and O–H groups in total. The zero-order valence-electron chi connectivity index (χ0n) is 6.81. The number of benzene rings is 1. The zero-order chi connectivity index (χ0) is 9.84. The van der Waals surface area contributed by atoms with E-state index in [4.69, 9.17) is 15.3 Å². The Morgan fingerprint density at radius 1 is 1.08 bits per heavy atom. The van der Waals surface area contributed by atoms with E-state index in [0.717, 1.165) is 0 Å². The highest BCUT2D eigenvalue weighted by atomic mass is 16.3. The first-order valence-electron chi connectivity index (χ1n) is 3.68. The molecular weight excluding hydrogens is 172 g/mol. The molecule has 0 aromatic heterocycles. The topological polar surface area (TPSA) is 80.9 Å². The van der Waals surface area contributed by atoms with Gasteiger partial charge in [-0.1, -0.05) is 12.2 Å². The highest BCUT2D eigenvalue weighted by Gasteiger charge is 2.07. The van der Waals surface area contributed by atoms with E-state index in [1.54, 1.807) is 0 Å². The summed E-state index contributed by atoms with van der Waals surface area (Å²) in [7, 11) is 0. The first kappa shape index (κ1) is 9.41. The van der Waals surface area contributed by atoms with E-state index in [0.29, 0.717) is 5.56 Å². The van der Waals surface area contributed by atoms with Crippen molar-refractivity contribution in [3.8, 4) is 17.2 Å². The Labute approximate surface area is 75.0 Å². The van der Waals surface area contributed by atoms with Crippen LogP contribution in [0.3, 0.4) is 0 Å². The Hall–Kier alpha value is -1.68. The third-order valence-corrected chi connectivity index (χ3v) is 1.56. The van der Waals surface area contributed by atoms with Crippen molar-refractivity contribution in [1.29, 1.82) is 0 Å². The second-order valence-corrected chi connectivity index (χ2v) is 2.46. The van der Waals surface area contributed by atoms with Crippen molar-refractivity contribution in [2.45, 2.75) is 0 Å². The van der Waals surface area contributed by atoms with Crippen LogP contribution in [0.15, 0.2) is 18.2 Å². The summed E-state index contributed by atoms with van der Waals surface area (Å²) in [5.41, 5.74) is 0.337. The van der Waals surface area contributed by atoms with E-state index in [1.165, 1.54) is 24.3 Å². The van der Waals surface area contributed by atoms with Gasteiger partial charge in [0.15, 0.2) is 11.5 Å². The van der Waals surface area contributed by atoms with Gasteiger partial charge in [0.1, 0.15) is 0 Å². The molecule has 0 aliphatic carbocycles. The predicted octanol–water partition coefficient (Wildman–Crippen LogP) is 0.809. The third-order valence-electron chi connectivity index (χ3n) is 1.56. The van der Waals surface area contributed by atoms with Gasteiger partial charge in [-0.25, -0.2) is 0 Å². The van der Waals surface area contributed by atoms with E-state index in [9.17, 15) is 5.11 Å². The van der Waals surface area contributed by atoms with Gasteiger partial charge >= 0.3 is 0 Å². The molecule has 1 aromatic carbocycles. The fourth-order valence-electron chi connectivity index (χ4n) is 0.899. The van der Waals surface area contributed by atoms with Crippen LogP contribution in [0.4, 0.5) is 0 Å². The predicted molar refractivity (Wildman–Crippen MR) is 47.6 cm³/mol. The molecule has 0 atom stereocenters. The molecule has 0 aliphatic heterocycles. The SMILES string of the molecule is OC/C=C/c1ccc(O)c(O)c1O. The summed E-state index contributed by atoms with van der Waals surface area (Å²) in [6.07, 6.45) is 2.85. The minimum Gasteiger partial charge on any atom is -0.504 e. The standard InChI is InChI=1S/C9H10O4/c10-5-1-2-6-3-4-7(11)9(13)8(6)12/h1-4,10-13H,5H2/b2-1+. The molecule has 0 amide bonds. The number of phenols is 3. The molecule has 0 saturated heterocycles. The van der Waals surface area contributed by atoms with Gasteiger partial charge in [-0.2, -0.15) is 0 Å². The van der Waals surface area contributed by atoms with Crippen LogP contribution in [0, 0.1) is 0 Å². The van der Waals surface area contributed by atoms with Crippen LogP contribution in [0.25, 0.3) is 6.08 Å². The number of aliphatic hydroxyl groups is 1. The van der Waals surface area contributed by atoms with Crippen molar-refractivity contribution >= 4 is 6.08 Å². The maximum absolute atomic E-state index is 9.26. The molecule has 70 valence electrons. The van der Waals surface area contributed by atoms with E-state index in [1.807, 2.05) is 0 Å². The molecule has 1 rings (SSSR count). The van der Waals surface area contributed by atoms with Crippen LogP contribution in [-0.4, -0.2) is 27.0 Å². The molecule has 4 heteroatoms. The molecule has 1 aromatic rings. The number of aromatic hydroxyl groups is 3. The average Bonchev–Trinajstić information content (AvgIpc) is 2.13. The molecule has 0 saturated carbocycles. The maximum Gasteiger partial charge on any atom is 0.200 e. The minimum atomic E-state index is -0.555. The summed E-state index contributed by atoms with van der Waals surface area (Å²) in [6, 6.07) is 2.68. The largest absolute Gasteiger partial charge is 0.504 e. The van der Waals surface area contributed by atoms with Crippen molar-refractivity contribution in [3.63, 3.8) is 0 Å². The van der Waals surface area contributed by atoms with Crippen LogP contribution in [0.2, 0.25) is 0 Å². The fraction of sp³-hybridized carbons (Fsp3) is 0.111. The number of hydrogen-bond donors (Lipinski definition) is 4. The van der Waals surface area contributed by atoms with Crippen molar-refractivity contribution in [2.24, 2.45) is 0 Å². The molecule has 0 bridgehead atoms. The smallest absolute Gasteiger partial charge is 0.200 e. The molecule has 0 spiro atoms. The van der Waals surface area contributed by atoms with Gasteiger partial charge in [-0.15, -0.1) is 0 Å². The van der Waals surface area contributed by atoms with E-state index < -0.39 is 11.5 Å². The molecule has 0 heterocycles. The summed E-state index contributed by atoms with van der Waals surface area (Å²) in [4.78, 5) is 0.